The summed E-state index contributed by atoms with van der Waals surface area (Å²) in [6.07, 6.45) is 13.7. The first-order valence-corrected chi connectivity index (χ1v) is 9.49. The van der Waals surface area contributed by atoms with Gasteiger partial charge in [-0.3, -0.25) is 4.79 Å². The monoisotopic (exact) mass is 290 g/mol. The molecule has 2 heteroatoms. The summed E-state index contributed by atoms with van der Waals surface area (Å²) in [5.74, 6) is 1.82. The fourth-order valence-electron chi connectivity index (χ4n) is 4.13. The Morgan fingerprint density at radius 1 is 0.950 bits per heavy atom. The Bertz CT molecular complexity index is 462. The summed E-state index contributed by atoms with van der Waals surface area (Å²) in [6.45, 7) is 1.77. The van der Waals surface area contributed by atoms with Gasteiger partial charge >= 0.3 is 0 Å². The molecule has 1 nitrogen and oxygen atoms in total. The number of hydrogen-bond donors (Lipinski definition) is 0. The van der Waals surface area contributed by atoms with Gasteiger partial charge < -0.3 is 0 Å². The molecule has 2 fully saturated rings. The first kappa shape index (κ1) is 14.4. The molecule has 20 heavy (non-hydrogen) atoms. The zero-order valence-corrected chi connectivity index (χ0v) is 13.7. The van der Waals surface area contributed by atoms with Crippen LogP contribution in [0, 0.1) is 0 Å². The average molecular weight is 290 g/mol. The number of rotatable bonds is 3. The lowest BCUT2D eigenvalue weighted by Crippen LogP contribution is -2.06. The van der Waals surface area contributed by atoms with E-state index in [1.165, 1.54) is 69.5 Å². The van der Waals surface area contributed by atoms with Crippen LogP contribution in [-0.4, -0.2) is 5.78 Å². The van der Waals surface area contributed by atoms with Crippen LogP contribution in [-0.2, 0) is 0 Å². The fourth-order valence-corrected chi connectivity index (χ4v) is 6.03. The number of ketones is 1. The predicted octanol–water partition coefficient (Wildman–Crippen LogP) is 6.02. The molecular formula is C18H27OP. The largest absolute Gasteiger partial charge is 0.294 e. The Hall–Kier alpha value is -0.550. The summed E-state index contributed by atoms with van der Waals surface area (Å²) in [4.78, 5) is 12.0. The molecule has 3 rings (SSSR count). The predicted molar refractivity (Wildman–Crippen MR) is 87.6 cm³/mol. The van der Waals surface area contributed by atoms with E-state index in [4.69, 9.17) is 0 Å². The Labute approximate surface area is 124 Å². The summed E-state index contributed by atoms with van der Waals surface area (Å²) in [5, 5.41) is 3.16. The summed E-state index contributed by atoms with van der Waals surface area (Å²) in [7, 11) is 0.846. The minimum atomic E-state index is 0.309. The van der Waals surface area contributed by atoms with Gasteiger partial charge in [0, 0.05) is 5.56 Å². The summed E-state index contributed by atoms with van der Waals surface area (Å²) in [5.41, 5.74) is 1.11. The highest BCUT2D eigenvalue weighted by atomic mass is 31.0. The molecule has 0 bridgehead atoms. The highest BCUT2D eigenvalue weighted by molar-refractivity contribution is 7.32. The van der Waals surface area contributed by atoms with Gasteiger partial charge in [0.25, 0.3) is 0 Å². The van der Waals surface area contributed by atoms with Gasteiger partial charge in [-0.15, -0.1) is 8.19 Å². The first-order valence-electron chi connectivity index (χ1n) is 8.49. The minimum absolute atomic E-state index is 0.309. The molecule has 0 aromatic carbocycles. The van der Waals surface area contributed by atoms with E-state index in [9.17, 15) is 4.79 Å². The minimum Gasteiger partial charge on any atom is -0.294 e. The second kappa shape index (κ2) is 6.48. The van der Waals surface area contributed by atoms with Crippen molar-refractivity contribution in [2.75, 3.05) is 0 Å². The van der Waals surface area contributed by atoms with Gasteiger partial charge in [-0.05, 0) is 61.1 Å². The van der Waals surface area contributed by atoms with Crippen LogP contribution in [0.3, 0.4) is 0 Å². The Morgan fingerprint density at radius 2 is 1.50 bits per heavy atom. The molecule has 0 aliphatic heterocycles. The summed E-state index contributed by atoms with van der Waals surface area (Å²) in [6, 6.07) is 2.31. The summed E-state index contributed by atoms with van der Waals surface area (Å²) < 4.78 is 0. The standard InChI is InChI=1S/C18H27OP/c1-13(19)16-12-17(14-8-4-2-5-9-14)20-18(16)15-10-6-3-7-11-15/h12,14-15,20H,2-11H2,1H3. The lowest BCUT2D eigenvalue weighted by atomic mass is 9.85. The molecule has 2 aliphatic rings. The maximum atomic E-state index is 12.0. The van der Waals surface area contributed by atoms with Crippen LogP contribution in [0.25, 0.3) is 0 Å². The van der Waals surface area contributed by atoms with E-state index in [1.54, 1.807) is 12.2 Å². The third-order valence-corrected chi connectivity index (χ3v) is 7.09. The van der Waals surface area contributed by atoms with Crippen molar-refractivity contribution in [2.24, 2.45) is 0 Å². The molecule has 0 radical (unpaired) electrons. The van der Waals surface area contributed by atoms with Crippen molar-refractivity contribution < 1.29 is 4.79 Å². The zero-order valence-electron chi connectivity index (χ0n) is 12.7. The topological polar surface area (TPSA) is 17.1 Å². The molecule has 1 aromatic rings. The van der Waals surface area contributed by atoms with Crippen LogP contribution in [0.2, 0.25) is 0 Å². The number of hydrogen-bond acceptors (Lipinski definition) is 1. The van der Waals surface area contributed by atoms with E-state index in [1.807, 2.05) is 0 Å². The van der Waals surface area contributed by atoms with Crippen molar-refractivity contribution in [3.63, 3.8) is 0 Å². The summed E-state index contributed by atoms with van der Waals surface area (Å²) >= 11 is 0. The molecule has 1 heterocycles. The van der Waals surface area contributed by atoms with Gasteiger partial charge in [0.1, 0.15) is 0 Å². The fraction of sp³-hybridized carbons (Fsp3) is 0.722. The van der Waals surface area contributed by atoms with Crippen LogP contribution in [0.5, 0.6) is 0 Å². The van der Waals surface area contributed by atoms with E-state index < -0.39 is 0 Å². The van der Waals surface area contributed by atoms with Crippen LogP contribution < -0.4 is 0 Å². The van der Waals surface area contributed by atoms with Gasteiger partial charge in [0.2, 0.25) is 0 Å². The molecule has 0 saturated heterocycles. The van der Waals surface area contributed by atoms with E-state index >= 15 is 0 Å². The molecule has 2 saturated carbocycles. The van der Waals surface area contributed by atoms with Crippen LogP contribution in [0.4, 0.5) is 0 Å². The molecule has 2 aliphatic carbocycles. The molecular weight excluding hydrogens is 263 g/mol. The van der Waals surface area contributed by atoms with Gasteiger partial charge in [0.05, 0.1) is 0 Å². The Morgan fingerprint density at radius 3 is 2.05 bits per heavy atom. The molecule has 0 N–H and O–H groups in total. The van der Waals surface area contributed by atoms with Crippen LogP contribution in [0.1, 0.15) is 104 Å². The second-order valence-electron chi connectivity index (χ2n) is 6.78. The SMILES string of the molecule is CC(=O)c1cc(C2CCCCC2)[pH]c1C1CCCCC1. The number of Topliss-reactive ketones (excluding diaryl/α,β-unsaturated/α-hetero) is 1. The molecule has 110 valence electrons. The van der Waals surface area contributed by atoms with E-state index in [-0.39, 0.29) is 0 Å². The lowest BCUT2D eigenvalue weighted by molar-refractivity contribution is 0.101. The molecule has 1 unspecified atom stereocenters. The maximum absolute atomic E-state index is 12.0. The van der Waals surface area contributed by atoms with Gasteiger partial charge in [-0.2, -0.15) is 0 Å². The molecule has 0 spiro atoms. The van der Waals surface area contributed by atoms with Crippen molar-refractivity contribution >= 4 is 14.0 Å². The van der Waals surface area contributed by atoms with Crippen molar-refractivity contribution in [1.29, 1.82) is 0 Å². The molecule has 1 aromatic heterocycles. The lowest BCUT2D eigenvalue weighted by Gasteiger charge is -2.22. The highest BCUT2D eigenvalue weighted by Crippen LogP contribution is 2.46. The third-order valence-electron chi connectivity index (χ3n) is 5.31. The highest BCUT2D eigenvalue weighted by Gasteiger charge is 2.25. The van der Waals surface area contributed by atoms with Gasteiger partial charge in [-0.1, -0.05) is 38.5 Å². The molecule has 0 amide bonds. The van der Waals surface area contributed by atoms with Crippen LogP contribution >= 0.6 is 8.19 Å². The van der Waals surface area contributed by atoms with E-state index in [2.05, 4.69) is 6.07 Å². The van der Waals surface area contributed by atoms with Crippen molar-refractivity contribution in [2.45, 2.75) is 83.0 Å². The number of carbonyl (C=O) groups excluding carboxylic acids is 1. The van der Waals surface area contributed by atoms with Gasteiger partial charge in [0.15, 0.2) is 5.78 Å². The second-order valence-corrected chi connectivity index (χ2v) is 8.14. The normalized spacial score (nSPS) is 22.4. The number of carbonyl (C=O) groups is 1. The zero-order chi connectivity index (χ0) is 13.9. The smallest absolute Gasteiger partial charge is 0.160 e. The van der Waals surface area contributed by atoms with E-state index in [0.29, 0.717) is 5.78 Å². The first-order chi connectivity index (χ1) is 9.75. The third kappa shape index (κ3) is 3.03. The Balaban J connectivity index is 1.87. The van der Waals surface area contributed by atoms with Gasteiger partial charge in [-0.25, -0.2) is 0 Å². The van der Waals surface area contributed by atoms with Crippen LogP contribution in [0.15, 0.2) is 6.07 Å². The quantitative estimate of drug-likeness (QED) is 0.622. The van der Waals surface area contributed by atoms with Crippen molar-refractivity contribution in [3.05, 3.63) is 22.2 Å². The van der Waals surface area contributed by atoms with Crippen molar-refractivity contribution in [1.82, 2.24) is 0 Å². The Kier molecular flexibility index (Phi) is 4.66. The van der Waals surface area contributed by atoms with Crippen molar-refractivity contribution in [3.8, 4) is 0 Å². The average Bonchev–Trinajstić information content (AvgIpc) is 2.94. The molecule has 1 atom stereocenters. The van der Waals surface area contributed by atoms with E-state index in [0.717, 1.165) is 25.6 Å². The maximum Gasteiger partial charge on any atom is 0.160 e.